The van der Waals surface area contributed by atoms with Crippen molar-refractivity contribution in [3.8, 4) is 0 Å². The number of nitrogens with zero attached hydrogens (tertiary/aromatic N) is 4. The van der Waals surface area contributed by atoms with Crippen molar-refractivity contribution < 1.29 is 4.79 Å². The van der Waals surface area contributed by atoms with Crippen LogP contribution in [0.4, 0.5) is 5.82 Å². The average molecular weight is 370 g/mol. The summed E-state index contributed by atoms with van der Waals surface area (Å²) < 4.78 is 1.85. The Balaban J connectivity index is 1.86. The van der Waals surface area contributed by atoms with E-state index in [0.29, 0.717) is 56.8 Å². The van der Waals surface area contributed by atoms with Crippen LogP contribution < -0.4 is 10.5 Å². The van der Waals surface area contributed by atoms with E-state index in [0.717, 1.165) is 11.0 Å². The first-order valence-corrected chi connectivity index (χ1v) is 9.89. The molecule has 1 aromatic carbocycles. The van der Waals surface area contributed by atoms with Crippen molar-refractivity contribution in [2.24, 2.45) is 11.8 Å². The number of hydrogen-bond acceptors (Lipinski definition) is 4. The number of aromatic nitrogens is 2. The van der Waals surface area contributed by atoms with Gasteiger partial charge < -0.3 is 14.4 Å². The predicted molar refractivity (Wildman–Crippen MR) is 109 cm³/mol. The number of amides is 1. The van der Waals surface area contributed by atoms with E-state index in [9.17, 15) is 9.59 Å². The number of benzene rings is 1. The van der Waals surface area contributed by atoms with Crippen molar-refractivity contribution in [1.29, 1.82) is 0 Å². The second-order valence-electron chi connectivity index (χ2n) is 8.20. The summed E-state index contributed by atoms with van der Waals surface area (Å²) in [6.07, 6.45) is 0.579. The van der Waals surface area contributed by atoms with Gasteiger partial charge in [-0.05, 0) is 24.0 Å². The lowest BCUT2D eigenvalue weighted by molar-refractivity contribution is -0.132. The Bertz CT molecular complexity index is 864. The van der Waals surface area contributed by atoms with Crippen LogP contribution in [0.2, 0.25) is 0 Å². The van der Waals surface area contributed by atoms with E-state index in [-0.39, 0.29) is 11.5 Å². The number of carbonyl (C=O) groups is 1. The molecule has 0 atom stereocenters. The van der Waals surface area contributed by atoms with Gasteiger partial charge in [-0.15, -0.1) is 0 Å². The Morgan fingerprint density at radius 1 is 1.04 bits per heavy atom. The first-order chi connectivity index (χ1) is 12.9. The van der Waals surface area contributed by atoms with E-state index in [4.69, 9.17) is 0 Å². The molecule has 27 heavy (non-hydrogen) atoms. The average Bonchev–Trinajstić information content (AvgIpc) is 2.63. The SMILES string of the molecule is CC(C)CC(=O)N1CCN(c2nc3ccccc3n(CC(C)C)c2=O)CC1. The molecule has 1 amide bonds. The zero-order valence-corrected chi connectivity index (χ0v) is 16.8. The molecule has 2 aromatic rings. The monoisotopic (exact) mass is 370 g/mol. The fourth-order valence-electron chi connectivity index (χ4n) is 3.58. The maximum atomic E-state index is 13.2. The lowest BCUT2D eigenvalue weighted by Crippen LogP contribution is -2.50. The maximum absolute atomic E-state index is 13.2. The van der Waals surface area contributed by atoms with Crippen LogP contribution in [0.3, 0.4) is 0 Å². The van der Waals surface area contributed by atoms with E-state index >= 15 is 0 Å². The van der Waals surface area contributed by atoms with Crippen LogP contribution in [-0.2, 0) is 11.3 Å². The van der Waals surface area contributed by atoms with Gasteiger partial charge >= 0.3 is 0 Å². The first kappa shape index (κ1) is 19.4. The molecule has 0 unspecified atom stereocenters. The van der Waals surface area contributed by atoms with Gasteiger partial charge in [-0.3, -0.25) is 9.59 Å². The molecular weight excluding hydrogens is 340 g/mol. The number of hydrogen-bond donors (Lipinski definition) is 0. The Hall–Kier alpha value is -2.37. The van der Waals surface area contributed by atoms with Gasteiger partial charge in [0.1, 0.15) is 0 Å². The summed E-state index contributed by atoms with van der Waals surface area (Å²) >= 11 is 0. The fourth-order valence-corrected chi connectivity index (χ4v) is 3.58. The molecule has 0 saturated carbocycles. The highest BCUT2D eigenvalue weighted by molar-refractivity contribution is 5.77. The van der Waals surface area contributed by atoms with Gasteiger partial charge in [-0.25, -0.2) is 4.98 Å². The molecule has 0 radical (unpaired) electrons. The minimum atomic E-state index is -0.0376. The predicted octanol–water partition coefficient (Wildman–Crippen LogP) is 2.75. The Labute approximate surface area is 160 Å². The standard InChI is InChI=1S/C21H30N4O2/c1-15(2)13-19(26)23-9-11-24(12-10-23)20-21(27)25(14-16(3)4)18-8-6-5-7-17(18)22-20/h5-8,15-16H,9-14H2,1-4H3. The van der Waals surface area contributed by atoms with Crippen LogP contribution in [0, 0.1) is 11.8 Å². The molecule has 0 bridgehead atoms. The quantitative estimate of drug-likeness (QED) is 0.812. The Morgan fingerprint density at radius 3 is 2.33 bits per heavy atom. The third-order valence-corrected chi connectivity index (χ3v) is 4.90. The lowest BCUT2D eigenvalue weighted by atomic mass is 10.1. The summed E-state index contributed by atoms with van der Waals surface area (Å²) in [5, 5.41) is 0. The minimum Gasteiger partial charge on any atom is -0.348 e. The maximum Gasteiger partial charge on any atom is 0.294 e. The molecule has 2 heterocycles. The molecule has 1 aliphatic rings. The number of carbonyl (C=O) groups excluding carboxylic acids is 1. The summed E-state index contributed by atoms with van der Waals surface area (Å²) in [6, 6.07) is 7.81. The number of para-hydroxylation sites is 2. The topological polar surface area (TPSA) is 58.4 Å². The zero-order valence-electron chi connectivity index (χ0n) is 16.8. The number of rotatable bonds is 5. The molecule has 1 fully saturated rings. The van der Waals surface area contributed by atoms with Crippen LogP contribution in [0.5, 0.6) is 0 Å². The highest BCUT2D eigenvalue weighted by Gasteiger charge is 2.25. The second kappa shape index (κ2) is 8.11. The normalized spacial score (nSPS) is 15.2. The van der Waals surface area contributed by atoms with Crippen LogP contribution >= 0.6 is 0 Å². The minimum absolute atomic E-state index is 0.0376. The summed E-state index contributed by atoms with van der Waals surface area (Å²) in [6.45, 7) is 11.6. The molecule has 1 saturated heterocycles. The van der Waals surface area contributed by atoms with Crippen molar-refractivity contribution in [2.75, 3.05) is 31.1 Å². The molecule has 6 heteroatoms. The van der Waals surface area contributed by atoms with Gasteiger partial charge in [0.2, 0.25) is 5.91 Å². The highest BCUT2D eigenvalue weighted by atomic mass is 16.2. The molecule has 0 aliphatic carbocycles. The van der Waals surface area contributed by atoms with Crippen LogP contribution in [-0.4, -0.2) is 46.5 Å². The van der Waals surface area contributed by atoms with Gasteiger partial charge in [0.05, 0.1) is 11.0 Å². The molecule has 1 aromatic heterocycles. The highest BCUT2D eigenvalue weighted by Crippen LogP contribution is 2.17. The van der Waals surface area contributed by atoms with Crippen molar-refractivity contribution in [3.63, 3.8) is 0 Å². The van der Waals surface area contributed by atoms with Crippen molar-refractivity contribution in [1.82, 2.24) is 14.5 Å². The van der Waals surface area contributed by atoms with Crippen molar-refractivity contribution in [3.05, 3.63) is 34.6 Å². The summed E-state index contributed by atoms with van der Waals surface area (Å²) in [5.74, 6) is 1.44. The smallest absolute Gasteiger partial charge is 0.294 e. The second-order valence-corrected chi connectivity index (χ2v) is 8.20. The third kappa shape index (κ3) is 4.31. The Kier molecular flexibility index (Phi) is 5.82. The molecular formula is C21H30N4O2. The first-order valence-electron chi connectivity index (χ1n) is 9.89. The van der Waals surface area contributed by atoms with E-state index < -0.39 is 0 Å². The van der Waals surface area contributed by atoms with E-state index in [1.54, 1.807) is 0 Å². The third-order valence-electron chi connectivity index (χ3n) is 4.90. The number of piperazine rings is 1. The van der Waals surface area contributed by atoms with Gasteiger partial charge in [0.15, 0.2) is 5.82 Å². The van der Waals surface area contributed by atoms with Gasteiger partial charge in [-0.1, -0.05) is 39.8 Å². The fraction of sp³-hybridized carbons (Fsp3) is 0.571. The van der Waals surface area contributed by atoms with E-state index in [1.807, 2.05) is 38.6 Å². The van der Waals surface area contributed by atoms with E-state index in [2.05, 4.69) is 32.7 Å². The van der Waals surface area contributed by atoms with Crippen LogP contribution in [0.1, 0.15) is 34.1 Å². The number of fused-ring (bicyclic) bond motifs is 1. The number of anilines is 1. The lowest BCUT2D eigenvalue weighted by Gasteiger charge is -2.35. The molecule has 6 nitrogen and oxygen atoms in total. The Morgan fingerprint density at radius 2 is 1.70 bits per heavy atom. The van der Waals surface area contributed by atoms with Crippen molar-refractivity contribution in [2.45, 2.75) is 40.7 Å². The summed E-state index contributed by atoms with van der Waals surface area (Å²) in [5.41, 5.74) is 1.68. The van der Waals surface area contributed by atoms with Gasteiger partial charge in [0, 0.05) is 39.1 Å². The van der Waals surface area contributed by atoms with Crippen LogP contribution in [0.25, 0.3) is 11.0 Å². The van der Waals surface area contributed by atoms with Gasteiger partial charge in [0.25, 0.3) is 5.56 Å². The summed E-state index contributed by atoms with van der Waals surface area (Å²) in [4.78, 5) is 34.1. The molecule has 3 rings (SSSR count). The van der Waals surface area contributed by atoms with Crippen LogP contribution in [0.15, 0.2) is 29.1 Å². The van der Waals surface area contributed by atoms with Crippen molar-refractivity contribution >= 4 is 22.8 Å². The largest absolute Gasteiger partial charge is 0.348 e. The molecule has 146 valence electrons. The molecule has 0 spiro atoms. The zero-order chi connectivity index (χ0) is 19.6. The van der Waals surface area contributed by atoms with E-state index in [1.165, 1.54) is 0 Å². The molecule has 1 aliphatic heterocycles. The van der Waals surface area contributed by atoms with Gasteiger partial charge in [-0.2, -0.15) is 0 Å². The molecule has 0 N–H and O–H groups in total. The summed E-state index contributed by atoms with van der Waals surface area (Å²) in [7, 11) is 0.